The lowest BCUT2D eigenvalue weighted by atomic mass is 10.1. The maximum Gasteiger partial charge on any atom is 0.222 e. The van der Waals surface area contributed by atoms with Gasteiger partial charge < -0.3 is 4.90 Å². The van der Waals surface area contributed by atoms with Gasteiger partial charge in [-0.3, -0.25) is 14.6 Å². The quantitative estimate of drug-likeness (QED) is 0.842. The van der Waals surface area contributed by atoms with Crippen LogP contribution in [0.25, 0.3) is 11.0 Å². The minimum absolute atomic E-state index is 0.113. The van der Waals surface area contributed by atoms with Crippen LogP contribution in [0.2, 0.25) is 0 Å². The second kappa shape index (κ2) is 7.08. The third-order valence-electron chi connectivity index (χ3n) is 3.95. The summed E-state index contributed by atoms with van der Waals surface area (Å²) in [5, 5.41) is 0.113. The van der Waals surface area contributed by atoms with Crippen molar-refractivity contribution in [1.29, 1.82) is 0 Å². The third kappa shape index (κ3) is 4.07. The Morgan fingerprint density at radius 3 is 2.91 bits per heavy atom. The highest BCUT2D eigenvalue weighted by Gasteiger charge is 2.29. The molecule has 2 heterocycles. The maximum absolute atomic E-state index is 12.1. The van der Waals surface area contributed by atoms with Gasteiger partial charge in [0.25, 0.3) is 0 Å². The van der Waals surface area contributed by atoms with Crippen molar-refractivity contribution in [3.63, 3.8) is 0 Å². The SMILES string of the molecule is CC(=O)SCC1CC(=O)N(CCc2cnc3ccccc3n2)C1. The van der Waals surface area contributed by atoms with E-state index in [0.29, 0.717) is 19.4 Å². The van der Waals surface area contributed by atoms with Crippen LogP contribution >= 0.6 is 11.8 Å². The Labute approximate surface area is 139 Å². The Bertz CT molecular complexity index is 735. The number of likely N-dealkylation sites (tertiary alicyclic amines) is 1. The molecule has 5 nitrogen and oxygen atoms in total. The van der Waals surface area contributed by atoms with Crippen LogP contribution in [0.1, 0.15) is 19.0 Å². The van der Waals surface area contributed by atoms with Crippen molar-refractivity contribution < 1.29 is 9.59 Å². The fraction of sp³-hybridized carbons (Fsp3) is 0.412. The number of nitrogens with zero attached hydrogens (tertiary/aromatic N) is 3. The summed E-state index contributed by atoms with van der Waals surface area (Å²) in [4.78, 5) is 34.0. The highest BCUT2D eigenvalue weighted by atomic mass is 32.2. The van der Waals surface area contributed by atoms with Crippen molar-refractivity contribution in [3.8, 4) is 0 Å². The molecule has 6 heteroatoms. The molecule has 1 atom stereocenters. The molecule has 1 saturated heterocycles. The molecule has 1 amide bonds. The Balaban J connectivity index is 1.56. The van der Waals surface area contributed by atoms with Crippen LogP contribution in [0, 0.1) is 5.92 Å². The van der Waals surface area contributed by atoms with E-state index in [2.05, 4.69) is 9.97 Å². The van der Waals surface area contributed by atoms with E-state index >= 15 is 0 Å². The molecule has 0 N–H and O–H groups in total. The molecule has 0 saturated carbocycles. The van der Waals surface area contributed by atoms with E-state index in [1.807, 2.05) is 29.2 Å². The lowest BCUT2D eigenvalue weighted by molar-refractivity contribution is -0.127. The number of hydrogen-bond donors (Lipinski definition) is 0. The molecule has 1 unspecified atom stereocenters. The molecule has 23 heavy (non-hydrogen) atoms. The zero-order valence-electron chi connectivity index (χ0n) is 13.1. The standard InChI is InChI=1S/C17H19N3O2S/c1-12(21)23-11-13-8-17(22)20(10-13)7-6-14-9-18-15-4-2-3-5-16(15)19-14/h2-5,9,13H,6-8,10-11H2,1H3. The van der Waals surface area contributed by atoms with Crippen molar-refractivity contribution in [1.82, 2.24) is 14.9 Å². The van der Waals surface area contributed by atoms with Gasteiger partial charge in [-0.25, -0.2) is 4.98 Å². The Hall–Kier alpha value is -1.95. The lowest BCUT2D eigenvalue weighted by Crippen LogP contribution is -2.28. The van der Waals surface area contributed by atoms with Gasteiger partial charge in [-0.1, -0.05) is 23.9 Å². The molecule has 2 aromatic rings. The summed E-state index contributed by atoms with van der Waals surface area (Å²) in [5.74, 6) is 1.18. The molecule has 1 fully saturated rings. The Morgan fingerprint density at radius 2 is 2.13 bits per heavy atom. The number of hydrogen-bond acceptors (Lipinski definition) is 5. The monoisotopic (exact) mass is 329 g/mol. The zero-order chi connectivity index (χ0) is 16.2. The second-order valence-corrected chi connectivity index (χ2v) is 7.01. The molecular formula is C17H19N3O2S. The van der Waals surface area contributed by atoms with Crippen LogP contribution in [-0.2, 0) is 16.0 Å². The number of fused-ring (bicyclic) bond motifs is 1. The summed E-state index contributed by atoms with van der Waals surface area (Å²) in [6, 6.07) is 7.77. The molecule has 120 valence electrons. The first-order chi connectivity index (χ1) is 11.1. The van der Waals surface area contributed by atoms with Gasteiger partial charge in [0.1, 0.15) is 0 Å². The summed E-state index contributed by atoms with van der Waals surface area (Å²) in [7, 11) is 0. The first-order valence-corrected chi connectivity index (χ1v) is 8.72. The zero-order valence-corrected chi connectivity index (χ0v) is 13.9. The van der Waals surface area contributed by atoms with Gasteiger partial charge in [-0.2, -0.15) is 0 Å². The minimum Gasteiger partial charge on any atom is -0.342 e. The summed E-state index contributed by atoms with van der Waals surface area (Å²) in [6.07, 6.45) is 3.03. The van der Waals surface area contributed by atoms with Crippen LogP contribution in [0.4, 0.5) is 0 Å². The van der Waals surface area contributed by atoms with Crippen molar-refractivity contribution in [3.05, 3.63) is 36.2 Å². The number of carbonyl (C=O) groups is 2. The molecule has 0 spiro atoms. The van der Waals surface area contributed by atoms with Gasteiger partial charge in [0, 0.05) is 44.8 Å². The van der Waals surface area contributed by atoms with E-state index < -0.39 is 0 Å². The average Bonchev–Trinajstić information content (AvgIpc) is 2.91. The fourth-order valence-corrected chi connectivity index (χ4v) is 3.48. The highest BCUT2D eigenvalue weighted by Crippen LogP contribution is 2.22. The van der Waals surface area contributed by atoms with Crippen molar-refractivity contribution in [2.45, 2.75) is 19.8 Å². The van der Waals surface area contributed by atoms with Crippen LogP contribution in [0.15, 0.2) is 30.5 Å². The number of carbonyl (C=O) groups excluding carboxylic acids is 2. The molecule has 0 aliphatic carbocycles. The van der Waals surface area contributed by atoms with E-state index in [1.54, 1.807) is 13.1 Å². The van der Waals surface area contributed by atoms with E-state index in [9.17, 15) is 9.59 Å². The number of thioether (sulfide) groups is 1. The first kappa shape index (κ1) is 15.9. The van der Waals surface area contributed by atoms with Gasteiger partial charge in [0.2, 0.25) is 5.91 Å². The summed E-state index contributed by atoms with van der Waals surface area (Å²) in [5.41, 5.74) is 2.67. The van der Waals surface area contributed by atoms with Gasteiger partial charge in [-0.05, 0) is 18.1 Å². The van der Waals surface area contributed by atoms with Gasteiger partial charge in [-0.15, -0.1) is 0 Å². The highest BCUT2D eigenvalue weighted by molar-refractivity contribution is 8.13. The van der Waals surface area contributed by atoms with Crippen molar-refractivity contribution in [2.75, 3.05) is 18.8 Å². The van der Waals surface area contributed by atoms with Crippen LogP contribution < -0.4 is 0 Å². The molecular weight excluding hydrogens is 310 g/mol. The van der Waals surface area contributed by atoms with Crippen molar-refractivity contribution >= 4 is 33.8 Å². The average molecular weight is 329 g/mol. The van der Waals surface area contributed by atoms with Crippen LogP contribution in [0.5, 0.6) is 0 Å². The topological polar surface area (TPSA) is 63.2 Å². The smallest absolute Gasteiger partial charge is 0.222 e. The van der Waals surface area contributed by atoms with Gasteiger partial charge in [0.15, 0.2) is 5.12 Å². The number of rotatable bonds is 5. The molecule has 3 rings (SSSR count). The summed E-state index contributed by atoms with van der Waals surface area (Å²) >= 11 is 1.31. The normalized spacial score (nSPS) is 17.9. The summed E-state index contributed by atoms with van der Waals surface area (Å²) in [6.45, 7) is 2.96. The van der Waals surface area contributed by atoms with Gasteiger partial charge >= 0.3 is 0 Å². The number of aromatic nitrogens is 2. The predicted molar refractivity (Wildman–Crippen MR) is 91.1 cm³/mol. The second-order valence-electron chi connectivity index (χ2n) is 5.81. The van der Waals surface area contributed by atoms with E-state index in [1.165, 1.54) is 11.8 Å². The largest absolute Gasteiger partial charge is 0.342 e. The molecule has 1 aromatic heterocycles. The number of para-hydroxylation sites is 2. The number of benzene rings is 1. The minimum atomic E-state index is 0.113. The fourth-order valence-electron chi connectivity index (χ4n) is 2.78. The lowest BCUT2D eigenvalue weighted by Gasteiger charge is -2.16. The molecule has 1 aliphatic rings. The van der Waals surface area contributed by atoms with Gasteiger partial charge in [0.05, 0.1) is 16.7 Å². The van der Waals surface area contributed by atoms with E-state index in [0.717, 1.165) is 29.0 Å². The number of amides is 1. The third-order valence-corrected chi connectivity index (χ3v) is 5.00. The maximum atomic E-state index is 12.1. The Morgan fingerprint density at radius 1 is 1.35 bits per heavy atom. The Kier molecular flexibility index (Phi) is 4.91. The predicted octanol–water partition coefficient (Wildman–Crippen LogP) is 2.30. The van der Waals surface area contributed by atoms with Crippen LogP contribution in [-0.4, -0.2) is 44.7 Å². The molecule has 1 aromatic carbocycles. The molecule has 1 aliphatic heterocycles. The molecule has 0 bridgehead atoms. The van der Waals surface area contributed by atoms with Crippen LogP contribution in [0.3, 0.4) is 0 Å². The van der Waals surface area contributed by atoms with E-state index in [-0.39, 0.29) is 16.9 Å². The van der Waals surface area contributed by atoms with E-state index in [4.69, 9.17) is 0 Å². The van der Waals surface area contributed by atoms with Crippen molar-refractivity contribution in [2.24, 2.45) is 5.92 Å². The molecule has 0 radical (unpaired) electrons. The first-order valence-electron chi connectivity index (χ1n) is 7.73. The summed E-state index contributed by atoms with van der Waals surface area (Å²) < 4.78 is 0.